The van der Waals surface area contributed by atoms with Gasteiger partial charge in [-0.1, -0.05) is 55.5 Å². The van der Waals surface area contributed by atoms with Gasteiger partial charge in [-0.3, -0.25) is 4.79 Å². The third kappa shape index (κ3) is 2.53. The summed E-state index contributed by atoms with van der Waals surface area (Å²) in [5.74, 6) is -0.148. The molecular weight excluding hydrogens is 272 g/mol. The van der Waals surface area contributed by atoms with Gasteiger partial charge in [-0.2, -0.15) is 0 Å². The summed E-state index contributed by atoms with van der Waals surface area (Å²) in [6, 6.07) is 17.9. The second-order valence-electron chi connectivity index (χ2n) is 6.12. The topological polar surface area (TPSA) is 46.3 Å². The largest absolute Gasteiger partial charge is 0.323 e. The molecule has 1 amide bonds. The normalized spacial score (nSPS) is 19.6. The molecule has 0 saturated heterocycles. The minimum Gasteiger partial charge on any atom is -0.323 e. The molecule has 3 heteroatoms. The van der Waals surface area contributed by atoms with E-state index < -0.39 is 0 Å². The van der Waals surface area contributed by atoms with E-state index in [1.807, 2.05) is 60.4 Å². The number of nitrogens with zero attached hydrogens (tertiary/aromatic N) is 1. The molecule has 3 rings (SSSR count). The molecule has 0 aromatic heterocycles. The van der Waals surface area contributed by atoms with Crippen molar-refractivity contribution in [3.8, 4) is 0 Å². The third-order valence-corrected chi connectivity index (χ3v) is 4.56. The molecule has 1 aliphatic rings. The molecule has 2 aromatic carbocycles. The van der Waals surface area contributed by atoms with Crippen molar-refractivity contribution in [2.45, 2.75) is 32.4 Å². The van der Waals surface area contributed by atoms with Gasteiger partial charge in [0, 0.05) is 17.8 Å². The second-order valence-corrected chi connectivity index (χ2v) is 6.12. The van der Waals surface area contributed by atoms with Gasteiger partial charge in [0.25, 0.3) is 0 Å². The molecule has 22 heavy (non-hydrogen) atoms. The minimum atomic E-state index is -0.284. The van der Waals surface area contributed by atoms with Crippen molar-refractivity contribution in [1.29, 1.82) is 0 Å². The van der Waals surface area contributed by atoms with Crippen molar-refractivity contribution in [3.63, 3.8) is 0 Å². The van der Waals surface area contributed by atoms with E-state index in [1.54, 1.807) is 0 Å². The highest BCUT2D eigenvalue weighted by Crippen LogP contribution is 2.34. The number of carbonyl (C=O) groups is 1. The molecular formula is C19H22N2O. The van der Waals surface area contributed by atoms with Gasteiger partial charge >= 0.3 is 0 Å². The van der Waals surface area contributed by atoms with Gasteiger partial charge in [-0.05, 0) is 30.5 Å². The number of nitrogens with two attached hydrogens (primary N) is 1. The smallest absolute Gasteiger partial charge is 0.231 e. The molecule has 3 nitrogen and oxygen atoms in total. The Hall–Kier alpha value is -2.13. The molecule has 1 aliphatic heterocycles. The molecule has 3 atom stereocenters. The Morgan fingerprint density at radius 1 is 1.14 bits per heavy atom. The summed E-state index contributed by atoms with van der Waals surface area (Å²) in [5, 5.41) is 0. The van der Waals surface area contributed by atoms with E-state index in [0.29, 0.717) is 0 Å². The molecule has 0 bridgehead atoms. The number of anilines is 1. The van der Waals surface area contributed by atoms with Gasteiger partial charge in [-0.15, -0.1) is 0 Å². The van der Waals surface area contributed by atoms with Crippen LogP contribution < -0.4 is 10.6 Å². The molecule has 0 radical (unpaired) electrons. The number of para-hydroxylation sites is 1. The predicted molar refractivity (Wildman–Crippen MR) is 89.6 cm³/mol. The summed E-state index contributed by atoms with van der Waals surface area (Å²) in [6.45, 7) is 4.02. The van der Waals surface area contributed by atoms with E-state index in [-0.39, 0.29) is 23.9 Å². The lowest BCUT2D eigenvalue weighted by Crippen LogP contribution is -2.42. The highest BCUT2D eigenvalue weighted by atomic mass is 16.2. The molecule has 0 aliphatic carbocycles. The third-order valence-electron chi connectivity index (χ3n) is 4.56. The summed E-state index contributed by atoms with van der Waals surface area (Å²) in [5.41, 5.74) is 9.60. The Morgan fingerprint density at radius 2 is 1.77 bits per heavy atom. The summed E-state index contributed by atoms with van der Waals surface area (Å²) in [4.78, 5) is 14.9. The average Bonchev–Trinajstić information content (AvgIpc) is 2.89. The van der Waals surface area contributed by atoms with Crippen LogP contribution in [0.15, 0.2) is 54.6 Å². The number of hydrogen-bond donors (Lipinski definition) is 1. The first kappa shape index (κ1) is 14.8. The molecule has 0 fully saturated rings. The van der Waals surface area contributed by atoms with E-state index in [2.05, 4.69) is 13.0 Å². The van der Waals surface area contributed by atoms with Crippen molar-refractivity contribution in [2.75, 3.05) is 4.90 Å². The van der Waals surface area contributed by atoms with E-state index in [1.165, 1.54) is 5.56 Å². The summed E-state index contributed by atoms with van der Waals surface area (Å²) < 4.78 is 0. The van der Waals surface area contributed by atoms with Gasteiger partial charge in [0.05, 0.1) is 5.92 Å². The van der Waals surface area contributed by atoms with Crippen molar-refractivity contribution in [2.24, 2.45) is 11.7 Å². The van der Waals surface area contributed by atoms with E-state index in [9.17, 15) is 4.79 Å². The Bertz CT molecular complexity index is 668. The summed E-state index contributed by atoms with van der Waals surface area (Å²) in [7, 11) is 0. The van der Waals surface area contributed by atoms with Crippen molar-refractivity contribution < 1.29 is 4.79 Å². The van der Waals surface area contributed by atoms with Gasteiger partial charge in [0.15, 0.2) is 0 Å². The molecule has 1 heterocycles. The van der Waals surface area contributed by atoms with Crippen molar-refractivity contribution in [1.82, 2.24) is 0 Å². The van der Waals surface area contributed by atoms with Crippen molar-refractivity contribution >= 4 is 11.6 Å². The number of fused-ring (bicyclic) bond motifs is 1. The zero-order valence-corrected chi connectivity index (χ0v) is 13.1. The monoisotopic (exact) mass is 294 g/mol. The first-order valence-electron chi connectivity index (χ1n) is 7.81. The van der Waals surface area contributed by atoms with Crippen LogP contribution in [-0.2, 0) is 11.2 Å². The maximum absolute atomic E-state index is 13.0. The van der Waals surface area contributed by atoms with Gasteiger partial charge in [0.1, 0.15) is 0 Å². The Balaban J connectivity index is 1.85. The van der Waals surface area contributed by atoms with Gasteiger partial charge in [-0.25, -0.2) is 0 Å². The Morgan fingerprint density at radius 3 is 2.50 bits per heavy atom. The standard InChI is InChI=1S/C19H22N2O/c1-13-12-16-10-6-7-11-17(16)21(13)19(22)14(2)18(20)15-8-4-3-5-9-15/h3-11,13-14,18H,12,20H2,1-2H3. The minimum absolute atomic E-state index is 0.105. The van der Waals surface area contributed by atoms with Crippen LogP contribution in [0, 0.1) is 5.92 Å². The molecule has 3 unspecified atom stereocenters. The molecule has 0 saturated carbocycles. The van der Waals surface area contributed by atoms with Crippen LogP contribution >= 0.6 is 0 Å². The molecule has 2 N–H and O–H groups in total. The highest BCUT2D eigenvalue weighted by Gasteiger charge is 2.35. The SMILES string of the molecule is CC(C(=O)N1c2ccccc2CC1C)C(N)c1ccccc1. The molecule has 114 valence electrons. The fraction of sp³-hybridized carbons (Fsp3) is 0.316. The maximum Gasteiger partial charge on any atom is 0.231 e. The lowest BCUT2D eigenvalue weighted by molar-refractivity contribution is -0.122. The lowest BCUT2D eigenvalue weighted by Gasteiger charge is -2.29. The Kier molecular flexibility index (Phi) is 3.99. The van der Waals surface area contributed by atoms with Crippen molar-refractivity contribution in [3.05, 3.63) is 65.7 Å². The van der Waals surface area contributed by atoms with Crippen LogP contribution in [0.25, 0.3) is 0 Å². The maximum atomic E-state index is 13.0. The Labute approximate surface area is 131 Å². The second kappa shape index (κ2) is 5.93. The fourth-order valence-corrected chi connectivity index (χ4v) is 3.24. The van der Waals surface area contributed by atoms with Crippen LogP contribution in [0.1, 0.15) is 31.0 Å². The van der Waals surface area contributed by atoms with Crippen LogP contribution in [-0.4, -0.2) is 11.9 Å². The van der Waals surface area contributed by atoms with Gasteiger partial charge < -0.3 is 10.6 Å². The number of carbonyl (C=O) groups excluding carboxylic acids is 1. The van der Waals surface area contributed by atoms with Gasteiger partial charge in [0.2, 0.25) is 5.91 Å². The van der Waals surface area contributed by atoms with E-state index >= 15 is 0 Å². The van der Waals surface area contributed by atoms with E-state index in [0.717, 1.165) is 17.7 Å². The van der Waals surface area contributed by atoms with E-state index in [4.69, 9.17) is 5.73 Å². The highest BCUT2D eigenvalue weighted by molar-refractivity contribution is 5.98. The summed E-state index contributed by atoms with van der Waals surface area (Å²) >= 11 is 0. The number of benzene rings is 2. The first-order valence-corrected chi connectivity index (χ1v) is 7.81. The summed E-state index contributed by atoms with van der Waals surface area (Å²) in [6.07, 6.45) is 0.912. The molecule has 2 aromatic rings. The zero-order chi connectivity index (χ0) is 15.7. The number of rotatable bonds is 3. The quantitative estimate of drug-likeness (QED) is 0.944. The predicted octanol–water partition coefficient (Wildman–Crippen LogP) is 3.30. The average molecular weight is 294 g/mol. The fourth-order valence-electron chi connectivity index (χ4n) is 3.24. The van der Waals surface area contributed by atoms with Crippen LogP contribution in [0.2, 0.25) is 0 Å². The number of amides is 1. The van der Waals surface area contributed by atoms with Crippen LogP contribution in [0.5, 0.6) is 0 Å². The number of hydrogen-bond acceptors (Lipinski definition) is 2. The zero-order valence-electron chi connectivity index (χ0n) is 13.1. The molecule has 0 spiro atoms. The van der Waals surface area contributed by atoms with Crippen LogP contribution in [0.3, 0.4) is 0 Å². The first-order chi connectivity index (χ1) is 10.6. The lowest BCUT2D eigenvalue weighted by atomic mass is 9.94. The van der Waals surface area contributed by atoms with Crippen LogP contribution in [0.4, 0.5) is 5.69 Å².